The van der Waals surface area contributed by atoms with Gasteiger partial charge in [-0.15, -0.1) is 11.8 Å². The minimum absolute atomic E-state index is 0.0375. The van der Waals surface area contributed by atoms with Crippen LogP contribution in [0.15, 0.2) is 16.8 Å². The molecule has 86 valence electrons. The zero-order valence-electron chi connectivity index (χ0n) is 8.67. The Balaban J connectivity index is 2.53. The first-order chi connectivity index (χ1) is 7.15. The molecule has 4 N–H and O–H groups in total. The maximum absolute atomic E-state index is 9.28. The van der Waals surface area contributed by atoms with Gasteiger partial charge < -0.3 is 15.9 Å². The normalized spacial score (nSPS) is 17.3. The minimum atomic E-state index is -0.658. The topological polar surface area (TPSA) is 66.5 Å². The summed E-state index contributed by atoms with van der Waals surface area (Å²) in [7, 11) is 0. The summed E-state index contributed by atoms with van der Waals surface area (Å²) in [6, 6.07) is 2.09. The largest absolute Gasteiger partial charge is 0.394 e. The molecule has 0 fully saturated rings. The van der Waals surface area contributed by atoms with Gasteiger partial charge in [0.2, 0.25) is 0 Å². The van der Waals surface area contributed by atoms with E-state index in [0.29, 0.717) is 5.75 Å². The molecule has 0 amide bonds. The van der Waals surface area contributed by atoms with Gasteiger partial charge in [-0.3, -0.25) is 0 Å². The lowest BCUT2D eigenvalue weighted by Gasteiger charge is -2.20. The third-order valence-electron chi connectivity index (χ3n) is 2.03. The van der Waals surface area contributed by atoms with Gasteiger partial charge in [-0.05, 0) is 29.3 Å². The molecule has 0 aliphatic heterocycles. The lowest BCUT2D eigenvalue weighted by Crippen LogP contribution is -2.24. The van der Waals surface area contributed by atoms with E-state index in [1.165, 1.54) is 5.56 Å². The molecule has 15 heavy (non-hydrogen) atoms. The van der Waals surface area contributed by atoms with Crippen LogP contribution < -0.4 is 5.73 Å². The molecule has 0 bridgehead atoms. The van der Waals surface area contributed by atoms with E-state index in [1.54, 1.807) is 23.1 Å². The van der Waals surface area contributed by atoms with E-state index in [1.807, 2.05) is 12.3 Å². The first-order valence-electron chi connectivity index (χ1n) is 4.83. The molecule has 0 saturated heterocycles. The van der Waals surface area contributed by atoms with E-state index in [-0.39, 0.29) is 17.9 Å². The van der Waals surface area contributed by atoms with E-state index >= 15 is 0 Å². The molecule has 0 aliphatic carbocycles. The van der Waals surface area contributed by atoms with Crippen molar-refractivity contribution in [3.05, 3.63) is 22.4 Å². The SMILES string of the molecule is CC(N)C(SCC(O)CO)c1ccsc1. The number of rotatable bonds is 6. The molecular weight excluding hydrogens is 230 g/mol. The Morgan fingerprint density at radius 2 is 2.33 bits per heavy atom. The monoisotopic (exact) mass is 247 g/mol. The Labute approximate surface area is 98.3 Å². The Kier molecular flexibility index (Phi) is 5.63. The number of thiophene rings is 1. The van der Waals surface area contributed by atoms with Crippen molar-refractivity contribution in [2.75, 3.05) is 12.4 Å². The van der Waals surface area contributed by atoms with Crippen molar-refractivity contribution in [2.45, 2.75) is 24.3 Å². The fraction of sp³-hybridized carbons (Fsp3) is 0.600. The minimum Gasteiger partial charge on any atom is -0.394 e. The Morgan fingerprint density at radius 3 is 2.80 bits per heavy atom. The van der Waals surface area contributed by atoms with Crippen LogP contribution in [0.3, 0.4) is 0 Å². The molecule has 0 aromatic carbocycles. The maximum atomic E-state index is 9.28. The highest BCUT2D eigenvalue weighted by atomic mass is 32.2. The van der Waals surface area contributed by atoms with Crippen LogP contribution in [-0.2, 0) is 0 Å². The van der Waals surface area contributed by atoms with E-state index in [4.69, 9.17) is 10.8 Å². The van der Waals surface area contributed by atoms with Gasteiger partial charge in [-0.25, -0.2) is 0 Å². The van der Waals surface area contributed by atoms with Gasteiger partial charge in [-0.2, -0.15) is 11.3 Å². The molecule has 1 rings (SSSR count). The molecule has 1 aromatic heterocycles. The predicted octanol–water partition coefficient (Wildman–Crippen LogP) is 1.22. The molecule has 3 unspecified atom stereocenters. The standard InChI is InChI=1S/C10H17NO2S2/c1-7(11)10(8-2-3-14-5-8)15-6-9(13)4-12/h2-3,5,7,9-10,12-13H,4,6,11H2,1H3. The Hall–Kier alpha value is -0.0700. The summed E-state index contributed by atoms with van der Waals surface area (Å²) in [6.07, 6.45) is -0.658. The van der Waals surface area contributed by atoms with Gasteiger partial charge in [0.25, 0.3) is 0 Å². The summed E-state index contributed by atoms with van der Waals surface area (Å²) < 4.78 is 0. The van der Waals surface area contributed by atoms with E-state index in [2.05, 4.69) is 11.4 Å². The van der Waals surface area contributed by atoms with Crippen LogP contribution in [0.1, 0.15) is 17.7 Å². The van der Waals surface area contributed by atoms with Gasteiger partial charge in [-0.1, -0.05) is 0 Å². The summed E-state index contributed by atoms with van der Waals surface area (Å²) in [4.78, 5) is 0. The molecule has 0 radical (unpaired) electrons. The fourth-order valence-electron chi connectivity index (χ4n) is 1.26. The zero-order chi connectivity index (χ0) is 11.3. The van der Waals surface area contributed by atoms with Crippen LogP contribution in [0.5, 0.6) is 0 Å². The molecule has 0 saturated carbocycles. The number of nitrogens with two attached hydrogens (primary N) is 1. The number of hydrogen-bond acceptors (Lipinski definition) is 5. The van der Waals surface area contributed by atoms with Crippen LogP contribution in [0, 0.1) is 0 Å². The van der Waals surface area contributed by atoms with Crippen LogP contribution in [0.4, 0.5) is 0 Å². The summed E-state index contributed by atoms with van der Waals surface area (Å²) in [5, 5.41) is 22.3. The summed E-state index contributed by atoms with van der Waals surface area (Å²) >= 11 is 3.24. The van der Waals surface area contributed by atoms with Crippen molar-refractivity contribution >= 4 is 23.1 Å². The number of thioether (sulfide) groups is 1. The van der Waals surface area contributed by atoms with Crippen molar-refractivity contribution in [3.63, 3.8) is 0 Å². The second-order valence-electron chi connectivity index (χ2n) is 3.51. The maximum Gasteiger partial charge on any atom is 0.0861 e. The van der Waals surface area contributed by atoms with Gasteiger partial charge in [0.1, 0.15) is 0 Å². The molecule has 0 spiro atoms. The van der Waals surface area contributed by atoms with Crippen molar-refractivity contribution < 1.29 is 10.2 Å². The summed E-state index contributed by atoms with van der Waals surface area (Å²) in [6.45, 7) is 1.77. The van der Waals surface area contributed by atoms with Crippen LogP contribution in [0.25, 0.3) is 0 Å². The predicted molar refractivity (Wildman–Crippen MR) is 66.3 cm³/mol. The number of aliphatic hydroxyl groups excluding tert-OH is 2. The molecular formula is C10H17NO2S2. The highest BCUT2D eigenvalue weighted by Crippen LogP contribution is 2.32. The average molecular weight is 247 g/mol. The van der Waals surface area contributed by atoms with Gasteiger partial charge in [0.15, 0.2) is 0 Å². The highest BCUT2D eigenvalue weighted by Gasteiger charge is 2.18. The lowest BCUT2D eigenvalue weighted by molar-refractivity contribution is 0.113. The molecule has 3 atom stereocenters. The Morgan fingerprint density at radius 1 is 1.60 bits per heavy atom. The van der Waals surface area contributed by atoms with Crippen LogP contribution >= 0.6 is 23.1 Å². The lowest BCUT2D eigenvalue weighted by atomic mass is 10.1. The van der Waals surface area contributed by atoms with Gasteiger partial charge in [0.05, 0.1) is 12.7 Å². The van der Waals surface area contributed by atoms with Crippen molar-refractivity contribution in [1.82, 2.24) is 0 Å². The van der Waals surface area contributed by atoms with Crippen molar-refractivity contribution in [3.8, 4) is 0 Å². The average Bonchev–Trinajstić information content (AvgIpc) is 2.70. The van der Waals surface area contributed by atoms with Crippen molar-refractivity contribution in [2.24, 2.45) is 5.73 Å². The second-order valence-corrected chi connectivity index (χ2v) is 5.46. The summed E-state index contributed by atoms with van der Waals surface area (Å²) in [5.74, 6) is 0.512. The van der Waals surface area contributed by atoms with E-state index in [0.717, 1.165) is 0 Å². The Bertz CT molecular complexity index is 264. The molecule has 0 aliphatic rings. The highest BCUT2D eigenvalue weighted by molar-refractivity contribution is 7.99. The first-order valence-corrected chi connectivity index (χ1v) is 6.82. The fourth-order valence-corrected chi connectivity index (χ4v) is 3.22. The first kappa shape index (κ1) is 13.0. The molecule has 1 heterocycles. The third kappa shape index (κ3) is 4.12. The molecule has 1 aromatic rings. The van der Waals surface area contributed by atoms with Crippen LogP contribution in [0.2, 0.25) is 0 Å². The van der Waals surface area contributed by atoms with E-state index in [9.17, 15) is 5.11 Å². The summed E-state index contributed by atoms with van der Waals surface area (Å²) in [5.41, 5.74) is 7.09. The second kappa shape index (κ2) is 6.50. The quantitative estimate of drug-likeness (QED) is 0.707. The smallest absolute Gasteiger partial charge is 0.0861 e. The number of hydrogen-bond donors (Lipinski definition) is 3. The van der Waals surface area contributed by atoms with Gasteiger partial charge in [0, 0.05) is 17.0 Å². The van der Waals surface area contributed by atoms with Crippen LogP contribution in [-0.4, -0.2) is 34.7 Å². The van der Waals surface area contributed by atoms with Crippen molar-refractivity contribution in [1.29, 1.82) is 0 Å². The molecule has 3 nitrogen and oxygen atoms in total. The zero-order valence-corrected chi connectivity index (χ0v) is 10.3. The van der Waals surface area contributed by atoms with Gasteiger partial charge >= 0.3 is 0 Å². The van der Waals surface area contributed by atoms with E-state index < -0.39 is 6.10 Å². The third-order valence-corrected chi connectivity index (χ3v) is 4.37. The molecule has 5 heteroatoms. The number of aliphatic hydroxyl groups is 2.